The van der Waals surface area contributed by atoms with E-state index in [1.807, 2.05) is 0 Å². The van der Waals surface area contributed by atoms with Gasteiger partial charge in [0.2, 0.25) is 5.75 Å². The summed E-state index contributed by atoms with van der Waals surface area (Å²) >= 11 is 2.45. The smallest absolute Gasteiger partial charge is 0.341 e. The number of esters is 1. The molecule has 0 spiro atoms. The van der Waals surface area contributed by atoms with Crippen LogP contribution in [-0.2, 0) is 17.6 Å². The number of rotatable bonds is 8. The van der Waals surface area contributed by atoms with Crippen LogP contribution in [0.3, 0.4) is 0 Å². The van der Waals surface area contributed by atoms with Crippen LogP contribution in [0.15, 0.2) is 12.1 Å². The minimum absolute atomic E-state index is 0.0152. The van der Waals surface area contributed by atoms with Crippen molar-refractivity contribution in [2.75, 3.05) is 44.7 Å². The van der Waals surface area contributed by atoms with E-state index in [9.17, 15) is 14.9 Å². The number of aryl methyl sites for hydroxylation is 1. The van der Waals surface area contributed by atoms with Crippen molar-refractivity contribution in [1.29, 1.82) is 5.26 Å². The largest absolute Gasteiger partial charge is 0.493 e. The third-order valence-electron chi connectivity index (χ3n) is 7.30. The standard InChI is InChI=1S/C30H31N5O6S2/c1-5-41-30(37)21-15-9-7-6-8-10-19(15)42-28(21)35-27(36)25-23(32)22-20(16(13-31)26(33)34-29(22)43-25)14-11-17(38-2)24(40-4)18(12-14)39-3/h11-12H,5-10,32H2,1-4H3,(H2,33,34)(H,35,36). The zero-order valence-electron chi connectivity index (χ0n) is 24.2. The van der Waals surface area contributed by atoms with Crippen molar-refractivity contribution in [1.82, 2.24) is 4.98 Å². The first-order valence-corrected chi connectivity index (χ1v) is 15.3. The zero-order valence-corrected chi connectivity index (χ0v) is 25.8. The van der Waals surface area contributed by atoms with Crippen molar-refractivity contribution < 1.29 is 28.5 Å². The van der Waals surface area contributed by atoms with Gasteiger partial charge in [-0.1, -0.05) is 6.42 Å². The highest BCUT2D eigenvalue weighted by Gasteiger charge is 2.30. The number of nitriles is 1. The van der Waals surface area contributed by atoms with Gasteiger partial charge in [0.05, 0.1) is 39.2 Å². The number of nitrogens with one attached hydrogen (secondary N) is 1. The average Bonchev–Trinajstić information content (AvgIpc) is 3.41. The predicted molar refractivity (Wildman–Crippen MR) is 168 cm³/mol. The van der Waals surface area contributed by atoms with Gasteiger partial charge in [-0.05, 0) is 55.9 Å². The lowest BCUT2D eigenvalue weighted by Gasteiger charge is -2.16. The Bertz CT molecular complexity index is 1760. The number of nitrogen functional groups attached to an aromatic ring is 2. The maximum absolute atomic E-state index is 13.8. The lowest BCUT2D eigenvalue weighted by Crippen LogP contribution is -2.15. The van der Waals surface area contributed by atoms with E-state index in [1.54, 1.807) is 19.1 Å². The van der Waals surface area contributed by atoms with E-state index in [2.05, 4.69) is 16.4 Å². The SMILES string of the molecule is CCOC(=O)c1c(NC(=O)c2sc3nc(N)c(C#N)c(-c4cc(OC)c(OC)c(OC)c4)c3c2N)sc2c1CCCCC2. The van der Waals surface area contributed by atoms with Crippen LogP contribution in [0.2, 0.25) is 0 Å². The number of methoxy groups -OCH3 is 3. The first kappa shape index (κ1) is 29.9. The normalized spacial score (nSPS) is 12.6. The van der Waals surface area contributed by atoms with Gasteiger partial charge >= 0.3 is 5.97 Å². The molecule has 0 bridgehead atoms. The lowest BCUT2D eigenvalue weighted by atomic mass is 9.96. The topological polar surface area (TPSA) is 172 Å². The van der Waals surface area contributed by atoms with Gasteiger partial charge in [0.15, 0.2) is 11.5 Å². The molecule has 4 aromatic rings. The molecule has 5 N–H and O–H groups in total. The molecule has 13 heteroatoms. The maximum Gasteiger partial charge on any atom is 0.341 e. The van der Waals surface area contributed by atoms with Crippen molar-refractivity contribution in [2.24, 2.45) is 0 Å². The van der Waals surface area contributed by atoms with Crippen LogP contribution in [0, 0.1) is 11.3 Å². The molecule has 0 aliphatic heterocycles. The van der Waals surface area contributed by atoms with Crippen LogP contribution in [0.5, 0.6) is 17.2 Å². The molecular formula is C30H31N5O6S2. The van der Waals surface area contributed by atoms with E-state index < -0.39 is 11.9 Å². The monoisotopic (exact) mass is 621 g/mol. The number of thiophene rings is 2. The highest BCUT2D eigenvalue weighted by Crippen LogP contribution is 2.47. The minimum atomic E-state index is -0.504. The van der Waals surface area contributed by atoms with Gasteiger partial charge in [0.25, 0.3) is 5.91 Å². The third-order valence-corrected chi connectivity index (χ3v) is 9.61. The fourth-order valence-electron chi connectivity index (χ4n) is 5.38. The zero-order chi connectivity index (χ0) is 30.8. The summed E-state index contributed by atoms with van der Waals surface area (Å²) in [5.41, 5.74) is 15.3. The highest BCUT2D eigenvalue weighted by atomic mass is 32.1. The second-order valence-electron chi connectivity index (χ2n) is 9.74. The molecule has 0 atom stereocenters. The Morgan fingerprint density at radius 1 is 1.05 bits per heavy atom. The molecule has 0 saturated carbocycles. The van der Waals surface area contributed by atoms with E-state index >= 15 is 0 Å². The van der Waals surface area contributed by atoms with Crippen LogP contribution in [0.1, 0.15) is 62.2 Å². The molecule has 5 rings (SSSR count). The van der Waals surface area contributed by atoms with Gasteiger partial charge in [-0.15, -0.1) is 22.7 Å². The number of aromatic nitrogens is 1. The molecule has 3 aromatic heterocycles. The Morgan fingerprint density at radius 3 is 2.37 bits per heavy atom. The number of hydrogen-bond acceptors (Lipinski definition) is 12. The summed E-state index contributed by atoms with van der Waals surface area (Å²) in [5, 5.41) is 13.8. The van der Waals surface area contributed by atoms with Crippen LogP contribution in [0.25, 0.3) is 21.3 Å². The summed E-state index contributed by atoms with van der Waals surface area (Å²) in [5.74, 6) is 0.115. The number of nitrogens with two attached hydrogens (primary N) is 2. The van der Waals surface area contributed by atoms with E-state index in [-0.39, 0.29) is 28.6 Å². The number of benzene rings is 1. The van der Waals surface area contributed by atoms with E-state index in [0.29, 0.717) is 49.2 Å². The molecule has 11 nitrogen and oxygen atoms in total. The first-order chi connectivity index (χ1) is 20.8. The molecule has 0 radical (unpaired) electrons. The van der Waals surface area contributed by atoms with Crippen molar-refractivity contribution in [3.63, 3.8) is 0 Å². The summed E-state index contributed by atoms with van der Waals surface area (Å²) in [4.78, 5) is 32.8. The summed E-state index contributed by atoms with van der Waals surface area (Å²) in [6.07, 6.45) is 4.65. The Balaban J connectivity index is 1.65. The number of fused-ring (bicyclic) bond motifs is 2. The molecule has 43 heavy (non-hydrogen) atoms. The Morgan fingerprint density at radius 2 is 1.74 bits per heavy atom. The fourth-order valence-corrected chi connectivity index (χ4v) is 7.66. The van der Waals surface area contributed by atoms with E-state index in [0.717, 1.165) is 53.9 Å². The average molecular weight is 622 g/mol. The Labute approximate surface area is 256 Å². The molecule has 1 aromatic carbocycles. The van der Waals surface area contributed by atoms with Crippen LogP contribution in [0.4, 0.5) is 16.5 Å². The van der Waals surface area contributed by atoms with Gasteiger partial charge in [0, 0.05) is 15.8 Å². The molecule has 1 aliphatic rings. The highest BCUT2D eigenvalue weighted by molar-refractivity contribution is 7.21. The number of nitrogens with zero attached hydrogens (tertiary/aromatic N) is 2. The predicted octanol–water partition coefficient (Wildman–Crippen LogP) is 5.78. The number of pyridine rings is 1. The van der Waals surface area contributed by atoms with Crippen molar-refractivity contribution in [3.05, 3.63) is 38.6 Å². The van der Waals surface area contributed by atoms with Crippen LogP contribution < -0.4 is 31.0 Å². The first-order valence-electron chi connectivity index (χ1n) is 13.6. The molecule has 1 aliphatic carbocycles. The van der Waals surface area contributed by atoms with Crippen LogP contribution >= 0.6 is 22.7 Å². The van der Waals surface area contributed by atoms with Crippen molar-refractivity contribution >= 4 is 61.3 Å². The molecule has 0 saturated heterocycles. The molecule has 0 unspecified atom stereocenters. The van der Waals surface area contributed by atoms with Crippen molar-refractivity contribution in [3.8, 4) is 34.4 Å². The Hall–Kier alpha value is -4.54. The summed E-state index contributed by atoms with van der Waals surface area (Å²) in [6.45, 7) is 1.97. The van der Waals surface area contributed by atoms with Gasteiger partial charge in [-0.2, -0.15) is 5.26 Å². The molecular weight excluding hydrogens is 590 g/mol. The molecule has 0 fully saturated rings. The number of hydrogen-bond donors (Lipinski definition) is 3. The number of ether oxygens (including phenoxy) is 4. The minimum Gasteiger partial charge on any atom is -0.493 e. The van der Waals surface area contributed by atoms with Gasteiger partial charge in [0.1, 0.15) is 32.2 Å². The quantitative estimate of drug-likeness (QED) is 0.162. The Kier molecular flexibility index (Phi) is 8.61. The summed E-state index contributed by atoms with van der Waals surface area (Å²) in [6, 6.07) is 5.48. The molecule has 3 heterocycles. The summed E-state index contributed by atoms with van der Waals surface area (Å²) < 4.78 is 21.9. The second-order valence-corrected chi connectivity index (χ2v) is 11.8. The van der Waals surface area contributed by atoms with Crippen LogP contribution in [-0.4, -0.2) is 44.8 Å². The maximum atomic E-state index is 13.8. The number of amides is 1. The van der Waals surface area contributed by atoms with Gasteiger partial charge in [-0.25, -0.2) is 9.78 Å². The summed E-state index contributed by atoms with van der Waals surface area (Å²) in [7, 11) is 4.46. The molecule has 1 amide bonds. The van der Waals surface area contributed by atoms with Gasteiger partial charge in [-0.3, -0.25) is 4.79 Å². The number of anilines is 3. The fraction of sp³-hybridized carbons (Fsp3) is 0.333. The lowest BCUT2D eigenvalue weighted by molar-refractivity contribution is 0.0527. The number of carbonyl (C=O) groups excluding carboxylic acids is 2. The van der Waals surface area contributed by atoms with Gasteiger partial charge < -0.3 is 35.7 Å². The third kappa shape index (κ3) is 5.28. The second kappa shape index (κ2) is 12.4. The van der Waals surface area contributed by atoms with E-state index in [1.165, 1.54) is 32.7 Å². The van der Waals surface area contributed by atoms with Crippen molar-refractivity contribution in [2.45, 2.75) is 39.0 Å². The molecule has 224 valence electrons. The number of carbonyl (C=O) groups is 2. The van der Waals surface area contributed by atoms with E-state index in [4.69, 9.17) is 30.4 Å².